The van der Waals surface area contributed by atoms with E-state index in [1.807, 2.05) is 18.2 Å². The molecule has 3 heteroatoms. The largest absolute Gasteiger partial charge is 0.475 e. The van der Waals surface area contributed by atoms with Crippen LogP contribution in [0.3, 0.4) is 0 Å². The molecule has 0 aliphatic heterocycles. The lowest BCUT2D eigenvalue weighted by Crippen LogP contribution is -2.02. The van der Waals surface area contributed by atoms with Gasteiger partial charge in [-0.2, -0.15) is 0 Å². The molecule has 0 aromatic heterocycles. The fourth-order valence-electron chi connectivity index (χ4n) is 0.875. The number of hydrogen-bond acceptors (Lipinski definition) is 2. The van der Waals surface area contributed by atoms with Crippen LogP contribution >= 0.6 is 0 Å². The van der Waals surface area contributed by atoms with Crippen LogP contribution in [0.25, 0.3) is 5.76 Å². The van der Waals surface area contributed by atoms with E-state index in [1.165, 1.54) is 0 Å². The lowest BCUT2D eigenvalue weighted by molar-refractivity contribution is -0.135. The van der Waals surface area contributed by atoms with Crippen LogP contribution in [0, 0.1) is 0 Å². The summed E-state index contributed by atoms with van der Waals surface area (Å²) in [5, 5.41) is 8.51. The minimum Gasteiger partial charge on any atom is -0.475 e. The molecule has 0 saturated heterocycles. The standard InChI is InChI=1S/C11H10O3/c1-8(14-9(2)11(12)13)10-6-4-3-5-7-10/h3-7H,1-2H2,(H,12,13). The van der Waals surface area contributed by atoms with Crippen molar-refractivity contribution in [2.45, 2.75) is 0 Å². The first kappa shape index (κ1) is 10.1. The first-order chi connectivity index (χ1) is 6.61. The Balaban J connectivity index is 2.69. The molecule has 1 N–H and O–H groups in total. The van der Waals surface area contributed by atoms with Gasteiger partial charge in [-0.15, -0.1) is 0 Å². The molecule has 14 heavy (non-hydrogen) atoms. The van der Waals surface area contributed by atoms with Gasteiger partial charge in [-0.3, -0.25) is 0 Å². The number of carboxylic acids is 1. The Bertz CT molecular complexity index is 365. The highest BCUT2D eigenvalue weighted by molar-refractivity contribution is 5.84. The van der Waals surface area contributed by atoms with Gasteiger partial charge in [0, 0.05) is 5.56 Å². The molecular formula is C11H10O3. The Morgan fingerprint density at radius 2 is 1.79 bits per heavy atom. The van der Waals surface area contributed by atoms with E-state index in [-0.39, 0.29) is 11.5 Å². The second kappa shape index (κ2) is 4.28. The molecule has 0 atom stereocenters. The molecule has 72 valence electrons. The summed E-state index contributed by atoms with van der Waals surface area (Å²) >= 11 is 0. The van der Waals surface area contributed by atoms with E-state index in [9.17, 15) is 4.79 Å². The predicted molar refractivity (Wildman–Crippen MR) is 53.3 cm³/mol. The van der Waals surface area contributed by atoms with Crippen LogP contribution in [0.15, 0.2) is 49.2 Å². The summed E-state index contributed by atoms with van der Waals surface area (Å²) in [6.07, 6.45) is 0. The molecule has 0 fully saturated rings. The summed E-state index contributed by atoms with van der Waals surface area (Å²) in [5.74, 6) is -1.25. The van der Waals surface area contributed by atoms with Crippen molar-refractivity contribution >= 4 is 11.7 Å². The molecule has 0 amide bonds. The van der Waals surface area contributed by atoms with E-state index >= 15 is 0 Å². The van der Waals surface area contributed by atoms with Crippen molar-refractivity contribution in [3.05, 3.63) is 54.8 Å². The van der Waals surface area contributed by atoms with Crippen LogP contribution in [0.5, 0.6) is 0 Å². The molecule has 1 rings (SSSR count). The Kier molecular flexibility index (Phi) is 3.07. The van der Waals surface area contributed by atoms with Crippen molar-refractivity contribution < 1.29 is 14.6 Å². The van der Waals surface area contributed by atoms with Crippen LogP contribution in [-0.2, 0) is 9.53 Å². The van der Waals surface area contributed by atoms with Crippen molar-refractivity contribution in [3.63, 3.8) is 0 Å². The molecule has 0 heterocycles. The van der Waals surface area contributed by atoms with Gasteiger partial charge in [0.25, 0.3) is 0 Å². The average molecular weight is 190 g/mol. The van der Waals surface area contributed by atoms with Crippen molar-refractivity contribution in [2.75, 3.05) is 0 Å². The third-order valence-corrected chi connectivity index (χ3v) is 1.58. The van der Waals surface area contributed by atoms with E-state index < -0.39 is 5.97 Å². The quantitative estimate of drug-likeness (QED) is 0.585. The summed E-state index contributed by atoms with van der Waals surface area (Å²) in [5.41, 5.74) is 0.731. The summed E-state index contributed by atoms with van der Waals surface area (Å²) in [7, 11) is 0. The van der Waals surface area contributed by atoms with Gasteiger partial charge in [-0.1, -0.05) is 36.9 Å². The Morgan fingerprint density at radius 1 is 1.21 bits per heavy atom. The smallest absolute Gasteiger partial charge is 0.371 e. The van der Waals surface area contributed by atoms with Gasteiger partial charge in [0.15, 0.2) is 0 Å². The molecule has 0 spiro atoms. The number of carboxylic acid groups (broad SMARTS) is 1. The highest BCUT2D eigenvalue weighted by Gasteiger charge is 2.07. The maximum absolute atomic E-state index is 10.4. The summed E-state index contributed by atoms with van der Waals surface area (Å²) < 4.78 is 4.91. The number of benzene rings is 1. The average Bonchev–Trinajstić information content (AvgIpc) is 2.19. The molecule has 0 aliphatic rings. The molecule has 0 bridgehead atoms. The zero-order valence-electron chi connectivity index (χ0n) is 7.56. The Labute approximate surface area is 81.9 Å². The highest BCUT2D eigenvalue weighted by Crippen LogP contribution is 2.15. The van der Waals surface area contributed by atoms with Crippen molar-refractivity contribution in [1.82, 2.24) is 0 Å². The van der Waals surface area contributed by atoms with Crippen LogP contribution in [0.1, 0.15) is 5.56 Å². The number of aliphatic carboxylic acids is 1. The molecule has 3 nitrogen and oxygen atoms in total. The van der Waals surface area contributed by atoms with E-state index in [2.05, 4.69) is 13.2 Å². The molecular weight excluding hydrogens is 180 g/mol. The van der Waals surface area contributed by atoms with Crippen molar-refractivity contribution in [3.8, 4) is 0 Å². The van der Waals surface area contributed by atoms with Gasteiger partial charge in [0.05, 0.1) is 0 Å². The van der Waals surface area contributed by atoms with E-state index in [4.69, 9.17) is 9.84 Å². The van der Waals surface area contributed by atoms with Crippen molar-refractivity contribution in [1.29, 1.82) is 0 Å². The van der Waals surface area contributed by atoms with E-state index in [0.717, 1.165) is 5.56 Å². The molecule has 0 unspecified atom stereocenters. The van der Waals surface area contributed by atoms with Gasteiger partial charge >= 0.3 is 5.97 Å². The van der Waals surface area contributed by atoms with Crippen LogP contribution < -0.4 is 0 Å². The maximum atomic E-state index is 10.4. The Hall–Kier alpha value is -2.03. The molecule has 0 saturated carbocycles. The number of hydrogen-bond donors (Lipinski definition) is 1. The van der Waals surface area contributed by atoms with Gasteiger partial charge in [-0.25, -0.2) is 4.79 Å². The van der Waals surface area contributed by atoms with Crippen LogP contribution in [-0.4, -0.2) is 11.1 Å². The van der Waals surface area contributed by atoms with Crippen molar-refractivity contribution in [2.24, 2.45) is 0 Å². The third kappa shape index (κ3) is 2.48. The second-order valence-corrected chi connectivity index (χ2v) is 2.62. The predicted octanol–water partition coefficient (Wildman–Crippen LogP) is 2.27. The molecule has 1 aromatic rings. The number of rotatable bonds is 4. The normalized spacial score (nSPS) is 9.14. The SMILES string of the molecule is C=C(OC(=C)c1ccccc1)C(=O)O. The highest BCUT2D eigenvalue weighted by atomic mass is 16.5. The maximum Gasteiger partial charge on any atom is 0.371 e. The van der Waals surface area contributed by atoms with Crippen LogP contribution in [0.4, 0.5) is 0 Å². The minimum absolute atomic E-state index is 0.276. The van der Waals surface area contributed by atoms with Gasteiger partial charge in [0.1, 0.15) is 5.76 Å². The number of ether oxygens (including phenoxy) is 1. The first-order valence-corrected chi connectivity index (χ1v) is 3.95. The Morgan fingerprint density at radius 3 is 2.29 bits per heavy atom. The fraction of sp³-hybridized carbons (Fsp3) is 0. The van der Waals surface area contributed by atoms with E-state index in [0.29, 0.717) is 0 Å². The van der Waals surface area contributed by atoms with Crippen LogP contribution in [0.2, 0.25) is 0 Å². The van der Waals surface area contributed by atoms with E-state index in [1.54, 1.807) is 12.1 Å². The zero-order valence-corrected chi connectivity index (χ0v) is 7.56. The fourth-order valence-corrected chi connectivity index (χ4v) is 0.875. The lowest BCUT2D eigenvalue weighted by atomic mass is 10.2. The molecule has 0 radical (unpaired) electrons. The van der Waals surface area contributed by atoms with Gasteiger partial charge in [-0.05, 0) is 6.58 Å². The minimum atomic E-state index is -1.19. The third-order valence-electron chi connectivity index (χ3n) is 1.58. The first-order valence-electron chi connectivity index (χ1n) is 3.95. The second-order valence-electron chi connectivity index (χ2n) is 2.62. The topological polar surface area (TPSA) is 46.5 Å². The summed E-state index contributed by atoms with van der Waals surface area (Å²) in [4.78, 5) is 10.4. The molecule has 0 aliphatic carbocycles. The van der Waals surface area contributed by atoms with Gasteiger partial charge < -0.3 is 9.84 Å². The number of carbonyl (C=O) groups is 1. The molecule has 1 aromatic carbocycles. The van der Waals surface area contributed by atoms with Gasteiger partial charge in [0.2, 0.25) is 5.76 Å². The lowest BCUT2D eigenvalue weighted by Gasteiger charge is -2.07. The summed E-state index contributed by atoms with van der Waals surface area (Å²) in [6.45, 7) is 6.84. The summed E-state index contributed by atoms with van der Waals surface area (Å²) in [6, 6.07) is 9.03. The monoisotopic (exact) mass is 190 g/mol. The zero-order chi connectivity index (χ0) is 10.6.